The number of hydrogen-bond acceptors (Lipinski definition) is 10. The molecule has 1 aromatic rings. The van der Waals surface area contributed by atoms with Crippen LogP contribution in [0, 0.1) is 59.2 Å². The fraction of sp³-hybridized carbons (Fsp3) is 0.789. The molecule has 0 saturated heterocycles. The number of carboxylic acids is 2. The number of rotatable bonds is 17. The Morgan fingerprint density at radius 2 is 1.19 bits per heavy atom. The molecule has 8 aliphatic rings. The van der Waals surface area contributed by atoms with Crippen molar-refractivity contribution in [2.75, 3.05) is 24.6 Å². The maximum absolute atomic E-state index is 11.9. The first-order valence-corrected chi connectivity index (χ1v) is 23.1. The Bertz CT molecular complexity index is 1680. The van der Waals surface area contributed by atoms with E-state index in [1.54, 1.807) is 0 Å². The summed E-state index contributed by atoms with van der Waals surface area (Å²) in [7, 11) is -7.86. The van der Waals surface area contributed by atoms with E-state index in [1.807, 2.05) is 30.3 Å². The summed E-state index contributed by atoms with van der Waals surface area (Å²) in [5, 5.41) is 26.0. The zero-order valence-corrected chi connectivity index (χ0v) is 32.5. The van der Waals surface area contributed by atoms with Crippen molar-refractivity contribution >= 4 is 32.2 Å². The largest absolute Gasteiger partial charge is 0.480 e. The van der Waals surface area contributed by atoms with Gasteiger partial charge in [0.1, 0.15) is 12.1 Å². The van der Waals surface area contributed by atoms with Gasteiger partial charge in [0.05, 0.1) is 11.5 Å². The Balaban J connectivity index is 0.000000189. The fourth-order valence-corrected chi connectivity index (χ4v) is 13.5. The molecule has 0 radical (unpaired) electrons. The monoisotopic (exact) mass is 796 g/mol. The van der Waals surface area contributed by atoms with E-state index in [4.69, 9.17) is 25.7 Å². The Morgan fingerprint density at radius 1 is 0.685 bits per heavy atom. The van der Waals surface area contributed by atoms with E-state index in [1.165, 1.54) is 19.3 Å². The molecule has 304 valence electrons. The summed E-state index contributed by atoms with van der Waals surface area (Å²) in [6, 6.07) is 8.63. The summed E-state index contributed by atoms with van der Waals surface area (Å²) in [6.45, 7) is 1.09. The Kier molecular flexibility index (Phi) is 13.1. The van der Waals surface area contributed by atoms with Gasteiger partial charge in [-0.3, -0.25) is 18.7 Å². The van der Waals surface area contributed by atoms with Gasteiger partial charge in [0.25, 0.3) is 20.2 Å². The second-order valence-electron chi connectivity index (χ2n) is 17.4. The standard InChI is InChI=1S/C22H32N2O5S.C16H28N2O5S/c23-20(22(25)26)19(14-5-2-1-3-6-14)18-15-9-13-10-16(12-15)21(17(18)11-13)24-7-4-8-30(27,28)29;17-14(16(19)20)8-12-10-4-9-5-11(7-10)15(13(12)6-9)18-2-1-3-24(21,22)23/h1-3,5-6,13,15-21,24H,4,7-12,23H2,(H,25,26)(H,27,28,29);9-15,18H,1-8,17H2,(H,19,20)(H,21,22,23)/t13?,15?,16?,17?,18?,19?,20-,21?;9?,10?,11?,12?,13?,14-,15?/m00/s1. The molecule has 8 fully saturated rings. The highest BCUT2D eigenvalue weighted by atomic mass is 32.2. The van der Waals surface area contributed by atoms with E-state index >= 15 is 0 Å². The molecule has 13 unspecified atom stereocenters. The first-order valence-electron chi connectivity index (χ1n) is 19.9. The van der Waals surface area contributed by atoms with Crippen LogP contribution in [0.15, 0.2) is 30.3 Å². The van der Waals surface area contributed by atoms with Gasteiger partial charge >= 0.3 is 11.9 Å². The van der Waals surface area contributed by atoms with Crippen molar-refractivity contribution in [3.63, 3.8) is 0 Å². The van der Waals surface area contributed by atoms with Crippen molar-refractivity contribution in [3.05, 3.63) is 35.9 Å². The fourth-order valence-electron chi connectivity index (χ4n) is 12.5. The number of hydrogen-bond donors (Lipinski definition) is 8. The maximum atomic E-state index is 11.9. The van der Waals surface area contributed by atoms with E-state index in [-0.39, 0.29) is 29.4 Å². The molecule has 0 spiro atoms. The summed E-state index contributed by atoms with van der Waals surface area (Å²) < 4.78 is 61.5. The molecule has 9 rings (SSSR count). The normalized spacial score (nSPS) is 36.6. The van der Waals surface area contributed by atoms with Crippen molar-refractivity contribution in [2.45, 2.75) is 101 Å². The van der Waals surface area contributed by atoms with Crippen molar-refractivity contribution in [1.82, 2.24) is 10.6 Å². The molecule has 16 heteroatoms. The van der Waals surface area contributed by atoms with E-state index in [9.17, 15) is 31.5 Å². The van der Waals surface area contributed by atoms with Gasteiger partial charge in [-0.25, -0.2) is 0 Å². The average molecular weight is 797 g/mol. The van der Waals surface area contributed by atoms with Gasteiger partial charge in [0.15, 0.2) is 0 Å². The molecular formula is C38H60N4O10S2. The van der Waals surface area contributed by atoms with Crippen LogP contribution in [0.3, 0.4) is 0 Å². The number of carbonyl (C=O) groups is 2. The summed E-state index contributed by atoms with van der Waals surface area (Å²) >= 11 is 0. The van der Waals surface area contributed by atoms with E-state index < -0.39 is 44.3 Å². The highest BCUT2D eigenvalue weighted by Gasteiger charge is 2.57. The second-order valence-corrected chi connectivity index (χ2v) is 20.6. The minimum Gasteiger partial charge on any atom is -0.480 e. The van der Waals surface area contributed by atoms with Crippen LogP contribution in [-0.2, 0) is 29.8 Å². The molecule has 10 N–H and O–H groups in total. The van der Waals surface area contributed by atoms with Crippen LogP contribution in [0.25, 0.3) is 0 Å². The van der Waals surface area contributed by atoms with Crippen molar-refractivity contribution in [1.29, 1.82) is 0 Å². The van der Waals surface area contributed by atoms with Crippen LogP contribution < -0.4 is 22.1 Å². The van der Waals surface area contributed by atoms with Crippen LogP contribution in [-0.4, -0.2) is 96.9 Å². The van der Waals surface area contributed by atoms with Crippen molar-refractivity contribution in [3.8, 4) is 0 Å². The van der Waals surface area contributed by atoms with Gasteiger partial charge in [-0.2, -0.15) is 16.8 Å². The predicted molar refractivity (Wildman–Crippen MR) is 203 cm³/mol. The number of carboxylic acid groups (broad SMARTS) is 2. The SMILES string of the molecule is N[C@@H](CC1C2CC3CC(C2)C(NCCCS(=O)(=O)O)C1C3)C(=O)O.N[C@H](C(=O)O)C(c1ccccc1)C1C2CC3CC(C2)C(NCCCS(=O)(=O)O)C1C3. The maximum Gasteiger partial charge on any atom is 0.321 e. The van der Waals surface area contributed by atoms with Gasteiger partial charge in [0.2, 0.25) is 0 Å². The Labute approximate surface area is 319 Å². The summed E-state index contributed by atoms with van der Waals surface area (Å²) in [4.78, 5) is 23.0. The zero-order valence-electron chi connectivity index (χ0n) is 30.9. The first kappa shape index (κ1) is 41.5. The van der Waals surface area contributed by atoms with Crippen LogP contribution in [0.4, 0.5) is 0 Å². The summed E-state index contributed by atoms with van der Waals surface area (Å²) in [5.74, 6) is 2.42. The average Bonchev–Trinajstić information content (AvgIpc) is 3.09. The molecular weight excluding hydrogens is 737 g/mol. The highest BCUT2D eigenvalue weighted by molar-refractivity contribution is 7.86. The summed E-state index contributed by atoms with van der Waals surface area (Å²) in [5.41, 5.74) is 13.1. The minimum absolute atomic E-state index is 0.199. The highest BCUT2D eigenvalue weighted by Crippen LogP contribution is 2.60. The van der Waals surface area contributed by atoms with Crippen LogP contribution in [0.1, 0.15) is 82.1 Å². The van der Waals surface area contributed by atoms with Gasteiger partial charge in [-0.1, -0.05) is 30.3 Å². The van der Waals surface area contributed by atoms with Gasteiger partial charge in [0, 0.05) is 18.0 Å². The molecule has 8 bridgehead atoms. The molecule has 1 aromatic carbocycles. The third-order valence-corrected chi connectivity index (χ3v) is 15.7. The third kappa shape index (κ3) is 9.85. The lowest BCUT2D eigenvalue weighted by molar-refractivity contribution is -0.142. The number of aliphatic carboxylic acids is 2. The smallest absolute Gasteiger partial charge is 0.321 e. The Hall–Kier alpha value is -2.18. The van der Waals surface area contributed by atoms with Crippen molar-refractivity contribution < 1.29 is 45.7 Å². The van der Waals surface area contributed by atoms with Gasteiger partial charge < -0.3 is 32.3 Å². The molecule has 0 amide bonds. The lowest BCUT2D eigenvalue weighted by Crippen LogP contribution is -2.61. The predicted octanol–water partition coefficient (Wildman–Crippen LogP) is 2.81. The molecule has 54 heavy (non-hydrogen) atoms. The molecule has 0 heterocycles. The van der Waals surface area contributed by atoms with E-state index in [0.717, 1.165) is 43.6 Å². The van der Waals surface area contributed by atoms with E-state index in [0.29, 0.717) is 85.7 Å². The molecule has 0 aromatic heterocycles. The third-order valence-electron chi connectivity index (χ3n) is 14.1. The molecule has 14 nitrogen and oxygen atoms in total. The lowest BCUT2D eigenvalue weighted by Gasteiger charge is -2.60. The topological polar surface area (TPSA) is 259 Å². The molecule has 15 atom stereocenters. The van der Waals surface area contributed by atoms with Gasteiger partial charge in [-0.15, -0.1) is 0 Å². The Morgan fingerprint density at radius 3 is 1.72 bits per heavy atom. The van der Waals surface area contributed by atoms with Gasteiger partial charge in [-0.05, 0) is 148 Å². The van der Waals surface area contributed by atoms with Crippen LogP contribution in [0.2, 0.25) is 0 Å². The first-order chi connectivity index (χ1) is 25.5. The summed E-state index contributed by atoms with van der Waals surface area (Å²) in [6.07, 6.45) is 10.5. The lowest BCUT2D eigenvalue weighted by atomic mass is 9.46. The van der Waals surface area contributed by atoms with Crippen molar-refractivity contribution in [2.24, 2.45) is 70.6 Å². The second kappa shape index (κ2) is 17.1. The minimum atomic E-state index is -3.95. The number of nitrogens with one attached hydrogen (secondary N) is 2. The number of nitrogens with two attached hydrogens (primary N) is 2. The quantitative estimate of drug-likeness (QED) is 0.0834. The molecule has 0 aliphatic heterocycles. The molecule has 8 aliphatic carbocycles. The number of benzene rings is 1. The molecule has 8 saturated carbocycles. The van der Waals surface area contributed by atoms with E-state index in [2.05, 4.69) is 10.6 Å². The van der Waals surface area contributed by atoms with Crippen LogP contribution >= 0.6 is 0 Å². The van der Waals surface area contributed by atoms with Crippen LogP contribution in [0.5, 0.6) is 0 Å². The zero-order chi connectivity index (χ0) is 38.9.